The van der Waals surface area contributed by atoms with Crippen LogP contribution in [0.4, 0.5) is 11.4 Å². The number of aryl methyl sites for hydroxylation is 1. The van der Waals surface area contributed by atoms with Gasteiger partial charge in [0.25, 0.3) is 5.91 Å². The lowest BCUT2D eigenvalue weighted by atomic mass is 9.76. The molecule has 2 aliphatic heterocycles. The van der Waals surface area contributed by atoms with Gasteiger partial charge in [-0.15, -0.1) is 0 Å². The number of benzene rings is 1. The van der Waals surface area contributed by atoms with Crippen LogP contribution in [0.3, 0.4) is 0 Å². The van der Waals surface area contributed by atoms with Gasteiger partial charge in [0.05, 0.1) is 35.8 Å². The second-order valence-corrected chi connectivity index (χ2v) is 10.5. The molecular formula is C27H28ClN5O2. The number of rotatable bonds is 3. The van der Waals surface area contributed by atoms with Crippen LogP contribution >= 0.6 is 11.6 Å². The lowest BCUT2D eigenvalue weighted by Crippen LogP contribution is -2.41. The van der Waals surface area contributed by atoms with Gasteiger partial charge >= 0.3 is 0 Å². The van der Waals surface area contributed by atoms with Crippen molar-refractivity contribution >= 4 is 34.6 Å². The van der Waals surface area contributed by atoms with Gasteiger partial charge in [0.1, 0.15) is 5.69 Å². The van der Waals surface area contributed by atoms with Crippen LogP contribution in [0, 0.1) is 18.4 Å². The highest BCUT2D eigenvalue weighted by Gasteiger charge is 2.46. The molecule has 1 N–H and O–H groups in total. The summed E-state index contributed by atoms with van der Waals surface area (Å²) in [6.45, 7) is 8.26. The second-order valence-electron chi connectivity index (χ2n) is 10.1. The fourth-order valence-electron chi connectivity index (χ4n) is 6.36. The predicted octanol–water partition coefficient (Wildman–Crippen LogP) is 4.84. The number of hydrazone groups is 1. The Balaban J connectivity index is 1.35. The standard InChI is InChI=1S/C27H28ClN5O2/c1-29-23-9-6-17(14-21(23)28)33-26(16-4-2-3-5-16)20-8-10-22-19(25(20)31-33)7-11-24(30-22)27(35)32-13-12-18(34)15-32/h6-7,9,11,14,16,18,20,26,34H,2-5,8,10,12-13,15H2/t18-,20?,26?/m1/s1. The van der Waals surface area contributed by atoms with Crippen molar-refractivity contribution in [3.63, 3.8) is 0 Å². The van der Waals surface area contributed by atoms with Gasteiger partial charge in [-0.05, 0) is 62.3 Å². The van der Waals surface area contributed by atoms with E-state index >= 15 is 0 Å². The number of β-amino-alcohol motifs (C(OH)–C–C–N with tert-alkyl or cyclic N) is 1. The zero-order chi connectivity index (χ0) is 24.1. The first-order chi connectivity index (χ1) is 17.0. The van der Waals surface area contributed by atoms with E-state index in [9.17, 15) is 9.90 Å². The molecule has 0 bridgehead atoms. The van der Waals surface area contributed by atoms with Crippen molar-refractivity contribution < 1.29 is 9.90 Å². The summed E-state index contributed by atoms with van der Waals surface area (Å²) in [7, 11) is 0. The summed E-state index contributed by atoms with van der Waals surface area (Å²) in [4.78, 5) is 22.9. The van der Waals surface area contributed by atoms with E-state index in [4.69, 9.17) is 28.3 Å². The monoisotopic (exact) mass is 489 g/mol. The SMILES string of the molecule is [C-]#[N+]c1ccc(N2N=C3c4ccc(C(=O)N5CC[C@@H](O)C5)nc4CCC3C2C2CCCC2)cc1Cl. The fraction of sp³-hybridized carbons (Fsp3) is 0.481. The topological polar surface area (TPSA) is 73.4 Å². The minimum Gasteiger partial charge on any atom is -0.391 e. The molecule has 8 heteroatoms. The van der Waals surface area contributed by atoms with Crippen LogP contribution in [-0.4, -0.2) is 51.8 Å². The van der Waals surface area contributed by atoms with Gasteiger partial charge in [0.2, 0.25) is 5.69 Å². The first kappa shape index (κ1) is 22.5. The van der Waals surface area contributed by atoms with E-state index in [2.05, 4.69) is 9.85 Å². The van der Waals surface area contributed by atoms with E-state index in [0.29, 0.717) is 47.8 Å². The van der Waals surface area contributed by atoms with Crippen molar-refractivity contribution in [1.29, 1.82) is 0 Å². The molecule has 6 rings (SSSR count). The molecule has 1 amide bonds. The molecule has 2 unspecified atom stereocenters. The van der Waals surface area contributed by atoms with Crippen molar-refractivity contribution in [3.05, 3.63) is 63.7 Å². The Bertz CT molecular complexity index is 1250. The zero-order valence-electron chi connectivity index (χ0n) is 19.5. The summed E-state index contributed by atoms with van der Waals surface area (Å²) < 4.78 is 0. The Kier molecular flexibility index (Phi) is 5.74. The smallest absolute Gasteiger partial charge is 0.272 e. The van der Waals surface area contributed by atoms with Crippen LogP contribution in [-0.2, 0) is 6.42 Å². The molecule has 1 aromatic carbocycles. The van der Waals surface area contributed by atoms with Crippen LogP contribution in [0.1, 0.15) is 60.3 Å². The summed E-state index contributed by atoms with van der Waals surface area (Å²) in [5, 5.41) is 17.6. The molecule has 3 atom stereocenters. The normalized spacial score (nSPS) is 25.9. The van der Waals surface area contributed by atoms with Gasteiger partial charge in [-0.25, -0.2) is 9.83 Å². The van der Waals surface area contributed by atoms with E-state index in [-0.39, 0.29) is 11.9 Å². The molecule has 0 radical (unpaired) electrons. The molecule has 7 nitrogen and oxygen atoms in total. The summed E-state index contributed by atoms with van der Waals surface area (Å²) in [6, 6.07) is 9.68. The number of amides is 1. The van der Waals surface area contributed by atoms with Crippen LogP contribution in [0.2, 0.25) is 5.02 Å². The van der Waals surface area contributed by atoms with Crippen molar-refractivity contribution in [2.24, 2.45) is 16.9 Å². The molecule has 1 saturated heterocycles. The van der Waals surface area contributed by atoms with Crippen molar-refractivity contribution in [2.75, 3.05) is 18.1 Å². The Morgan fingerprint density at radius 3 is 2.69 bits per heavy atom. The number of nitrogens with zero attached hydrogens (tertiary/aromatic N) is 5. The molecule has 180 valence electrons. The van der Waals surface area contributed by atoms with Crippen molar-refractivity contribution in [1.82, 2.24) is 9.88 Å². The van der Waals surface area contributed by atoms with Gasteiger partial charge in [-0.3, -0.25) is 9.80 Å². The minimum atomic E-state index is -0.443. The lowest BCUT2D eigenvalue weighted by molar-refractivity contribution is 0.0759. The van der Waals surface area contributed by atoms with E-state index in [1.54, 1.807) is 11.0 Å². The number of pyridine rings is 1. The number of likely N-dealkylation sites (tertiary alicyclic amines) is 1. The third-order valence-electron chi connectivity index (χ3n) is 8.07. The largest absolute Gasteiger partial charge is 0.391 e. The Hall–Kier alpha value is -2.95. The van der Waals surface area contributed by atoms with Gasteiger partial charge in [-0.1, -0.05) is 30.5 Å². The number of carbonyl (C=O) groups is 1. The third kappa shape index (κ3) is 3.89. The molecule has 2 fully saturated rings. The maximum absolute atomic E-state index is 12.9. The number of hydrogen-bond donors (Lipinski definition) is 1. The summed E-state index contributed by atoms with van der Waals surface area (Å²) in [5.41, 5.74) is 4.84. The van der Waals surface area contributed by atoms with E-state index in [0.717, 1.165) is 35.5 Å². The number of fused-ring (bicyclic) bond motifs is 3. The molecule has 2 aromatic rings. The maximum atomic E-state index is 12.9. The van der Waals surface area contributed by atoms with Gasteiger partial charge in [0.15, 0.2) is 0 Å². The molecule has 1 saturated carbocycles. The molecular weight excluding hydrogens is 462 g/mol. The van der Waals surface area contributed by atoms with E-state index in [1.165, 1.54) is 25.7 Å². The number of halogens is 1. The Morgan fingerprint density at radius 1 is 1.14 bits per heavy atom. The molecule has 1 aromatic heterocycles. The predicted molar refractivity (Wildman–Crippen MR) is 135 cm³/mol. The molecule has 4 aliphatic rings. The summed E-state index contributed by atoms with van der Waals surface area (Å²) in [6.07, 6.45) is 6.85. The van der Waals surface area contributed by atoms with Crippen LogP contribution in [0.25, 0.3) is 4.85 Å². The highest BCUT2D eigenvalue weighted by atomic mass is 35.5. The summed E-state index contributed by atoms with van der Waals surface area (Å²) in [5.74, 6) is 0.763. The molecule has 35 heavy (non-hydrogen) atoms. The Morgan fingerprint density at radius 2 is 1.97 bits per heavy atom. The Labute approximate surface area is 210 Å². The quantitative estimate of drug-likeness (QED) is 0.626. The highest BCUT2D eigenvalue weighted by molar-refractivity contribution is 6.33. The fourth-order valence-corrected chi connectivity index (χ4v) is 6.58. The van der Waals surface area contributed by atoms with Gasteiger partial charge < -0.3 is 10.0 Å². The number of aromatic nitrogens is 1. The van der Waals surface area contributed by atoms with Crippen LogP contribution in [0.15, 0.2) is 35.4 Å². The zero-order valence-corrected chi connectivity index (χ0v) is 20.3. The first-order valence-corrected chi connectivity index (χ1v) is 12.9. The number of aliphatic hydroxyl groups is 1. The number of anilines is 1. The van der Waals surface area contributed by atoms with E-state index < -0.39 is 6.10 Å². The highest BCUT2D eigenvalue weighted by Crippen LogP contribution is 2.45. The number of carbonyl (C=O) groups excluding carboxylic acids is 1. The third-order valence-corrected chi connectivity index (χ3v) is 8.38. The minimum absolute atomic E-state index is 0.111. The maximum Gasteiger partial charge on any atom is 0.272 e. The van der Waals surface area contributed by atoms with Crippen LogP contribution < -0.4 is 5.01 Å². The second kappa shape index (κ2) is 8.92. The first-order valence-electron chi connectivity index (χ1n) is 12.6. The average molecular weight is 490 g/mol. The van der Waals surface area contributed by atoms with Gasteiger partial charge in [0, 0.05) is 29.6 Å². The number of aliphatic hydroxyl groups excluding tert-OH is 1. The average Bonchev–Trinajstić information content (AvgIpc) is 3.62. The molecule has 0 spiro atoms. The summed E-state index contributed by atoms with van der Waals surface area (Å²) >= 11 is 6.41. The van der Waals surface area contributed by atoms with Crippen molar-refractivity contribution in [2.45, 2.75) is 57.1 Å². The molecule has 2 aliphatic carbocycles. The number of hydrogen-bond acceptors (Lipinski definition) is 5. The van der Waals surface area contributed by atoms with E-state index in [1.807, 2.05) is 24.3 Å². The molecule has 3 heterocycles. The van der Waals surface area contributed by atoms with Crippen molar-refractivity contribution in [3.8, 4) is 0 Å². The van der Waals surface area contributed by atoms with Crippen LogP contribution in [0.5, 0.6) is 0 Å². The lowest BCUT2D eigenvalue weighted by Gasteiger charge is -2.34. The van der Waals surface area contributed by atoms with Gasteiger partial charge in [-0.2, -0.15) is 5.10 Å².